The van der Waals surface area contributed by atoms with Crippen molar-refractivity contribution in [2.45, 2.75) is 12.3 Å². The molecule has 0 bridgehead atoms. The summed E-state index contributed by atoms with van der Waals surface area (Å²) in [5, 5.41) is 7.93. The molecule has 1 N–H and O–H groups in total. The summed E-state index contributed by atoms with van der Waals surface area (Å²) in [4.78, 5) is 14.9. The molecular weight excluding hydrogens is 340 g/mol. The van der Waals surface area contributed by atoms with Gasteiger partial charge in [0.15, 0.2) is 0 Å². The number of carbonyl (C=O) groups is 1. The number of aryl methyl sites for hydroxylation is 1. The summed E-state index contributed by atoms with van der Waals surface area (Å²) >= 11 is 6.42. The van der Waals surface area contributed by atoms with Gasteiger partial charge in [-0.05, 0) is 30.0 Å². The molecule has 2 aliphatic rings. The van der Waals surface area contributed by atoms with E-state index in [9.17, 15) is 4.79 Å². The first-order chi connectivity index (χ1) is 12.1. The number of hydrogen-bond acceptors (Lipinski definition) is 4. The molecule has 2 atom stereocenters. The lowest BCUT2D eigenvalue weighted by atomic mass is 10.2. The van der Waals surface area contributed by atoms with Crippen LogP contribution in [0.15, 0.2) is 30.6 Å². The predicted molar refractivity (Wildman–Crippen MR) is 97.2 cm³/mol. The van der Waals surface area contributed by atoms with Crippen molar-refractivity contribution in [3.63, 3.8) is 0 Å². The fraction of sp³-hybridized carbons (Fsp3) is 0.444. The van der Waals surface area contributed by atoms with E-state index in [1.54, 1.807) is 4.68 Å². The first-order valence-corrected chi connectivity index (χ1v) is 8.92. The molecule has 1 amide bonds. The van der Waals surface area contributed by atoms with Gasteiger partial charge in [0.1, 0.15) is 0 Å². The molecule has 6 nitrogen and oxygen atoms in total. The van der Waals surface area contributed by atoms with Crippen molar-refractivity contribution in [3.05, 3.63) is 41.2 Å². The Morgan fingerprint density at radius 2 is 2.16 bits per heavy atom. The summed E-state index contributed by atoms with van der Waals surface area (Å²) in [5.41, 5.74) is 2.79. The monoisotopic (exact) mass is 360 g/mol. The maximum absolute atomic E-state index is 12.7. The summed E-state index contributed by atoms with van der Waals surface area (Å²) in [7, 11) is 1.89. The number of para-hydroxylation sites is 1. The Bertz CT molecular complexity index is 785. The minimum Gasteiger partial charge on any atom is -0.378 e. The van der Waals surface area contributed by atoms with Crippen LogP contribution in [0.3, 0.4) is 0 Å². The minimum atomic E-state index is 0.000667. The number of rotatable bonds is 4. The number of benzene rings is 1. The summed E-state index contributed by atoms with van der Waals surface area (Å²) in [6.07, 6.45) is 4.69. The number of aromatic nitrogens is 2. The summed E-state index contributed by atoms with van der Waals surface area (Å²) < 4.78 is 7.19. The van der Waals surface area contributed by atoms with E-state index < -0.39 is 0 Å². The highest BCUT2D eigenvalue weighted by atomic mass is 35.5. The summed E-state index contributed by atoms with van der Waals surface area (Å²) in [6, 6.07) is 5.64. The van der Waals surface area contributed by atoms with Crippen molar-refractivity contribution in [3.8, 4) is 0 Å². The van der Waals surface area contributed by atoms with Crippen LogP contribution in [0.1, 0.15) is 17.9 Å². The molecule has 2 fully saturated rings. The highest BCUT2D eigenvalue weighted by Gasteiger charge is 2.44. The third-order valence-electron chi connectivity index (χ3n) is 4.85. The maximum Gasteiger partial charge on any atom is 0.228 e. The number of hydrogen-bond donors (Lipinski definition) is 1. The van der Waals surface area contributed by atoms with E-state index in [-0.39, 0.29) is 17.7 Å². The van der Waals surface area contributed by atoms with Crippen LogP contribution in [0, 0.1) is 5.92 Å². The third-order valence-corrected chi connectivity index (χ3v) is 5.16. The lowest BCUT2D eigenvalue weighted by molar-refractivity contribution is -0.117. The van der Waals surface area contributed by atoms with Gasteiger partial charge in [-0.1, -0.05) is 17.7 Å². The molecule has 7 heteroatoms. The van der Waals surface area contributed by atoms with Crippen molar-refractivity contribution in [2.75, 3.05) is 36.5 Å². The van der Waals surface area contributed by atoms with Crippen molar-refractivity contribution >= 4 is 28.9 Å². The lowest BCUT2D eigenvalue weighted by Gasteiger charge is -2.31. The van der Waals surface area contributed by atoms with Crippen LogP contribution in [0.4, 0.5) is 11.4 Å². The van der Waals surface area contributed by atoms with Crippen LogP contribution in [-0.2, 0) is 16.6 Å². The molecule has 2 aromatic rings. The molecule has 1 aliphatic heterocycles. The van der Waals surface area contributed by atoms with E-state index in [4.69, 9.17) is 16.3 Å². The molecular formula is C18H21ClN4O2. The van der Waals surface area contributed by atoms with Gasteiger partial charge in [-0.15, -0.1) is 0 Å². The second-order valence-electron chi connectivity index (χ2n) is 6.62. The second kappa shape index (κ2) is 6.69. The van der Waals surface area contributed by atoms with Crippen LogP contribution >= 0.6 is 11.6 Å². The van der Waals surface area contributed by atoms with Crippen LogP contribution in [0.2, 0.25) is 5.02 Å². The van der Waals surface area contributed by atoms with E-state index in [0.29, 0.717) is 18.2 Å². The maximum atomic E-state index is 12.7. The Morgan fingerprint density at radius 1 is 1.36 bits per heavy atom. The Kier molecular flexibility index (Phi) is 4.39. The number of anilines is 2. The first-order valence-electron chi connectivity index (χ1n) is 8.54. The quantitative estimate of drug-likeness (QED) is 0.910. The van der Waals surface area contributed by atoms with E-state index in [0.717, 1.165) is 36.4 Å². The first kappa shape index (κ1) is 16.4. The molecule has 1 aliphatic carbocycles. The molecule has 132 valence electrons. The van der Waals surface area contributed by atoms with Gasteiger partial charge in [0, 0.05) is 32.3 Å². The van der Waals surface area contributed by atoms with Gasteiger partial charge >= 0.3 is 0 Å². The van der Waals surface area contributed by atoms with E-state index in [2.05, 4.69) is 15.3 Å². The van der Waals surface area contributed by atoms with Gasteiger partial charge in [0.25, 0.3) is 0 Å². The van der Waals surface area contributed by atoms with E-state index in [1.807, 2.05) is 37.6 Å². The molecule has 25 heavy (non-hydrogen) atoms. The van der Waals surface area contributed by atoms with Crippen LogP contribution in [-0.4, -0.2) is 42.0 Å². The van der Waals surface area contributed by atoms with Gasteiger partial charge in [-0.25, -0.2) is 0 Å². The number of morpholine rings is 1. The zero-order valence-corrected chi connectivity index (χ0v) is 14.9. The molecule has 1 aromatic carbocycles. The van der Waals surface area contributed by atoms with Crippen molar-refractivity contribution in [1.29, 1.82) is 0 Å². The van der Waals surface area contributed by atoms with E-state index >= 15 is 0 Å². The molecule has 1 aromatic heterocycles. The Labute approximate surface area is 151 Å². The average molecular weight is 361 g/mol. The predicted octanol–water partition coefficient (Wildman–Crippen LogP) is 2.65. The zero-order valence-electron chi connectivity index (χ0n) is 14.1. The van der Waals surface area contributed by atoms with Crippen LogP contribution in [0.5, 0.6) is 0 Å². The van der Waals surface area contributed by atoms with Gasteiger partial charge < -0.3 is 15.0 Å². The molecule has 1 saturated carbocycles. The van der Waals surface area contributed by atoms with Crippen LogP contribution < -0.4 is 10.2 Å². The number of nitrogens with one attached hydrogen (secondary N) is 1. The van der Waals surface area contributed by atoms with Crippen LogP contribution in [0.25, 0.3) is 0 Å². The van der Waals surface area contributed by atoms with E-state index in [1.165, 1.54) is 0 Å². The largest absolute Gasteiger partial charge is 0.378 e. The van der Waals surface area contributed by atoms with Crippen molar-refractivity contribution < 1.29 is 9.53 Å². The Balaban J connectivity index is 1.49. The fourth-order valence-electron chi connectivity index (χ4n) is 3.43. The average Bonchev–Trinajstić information content (AvgIpc) is 3.30. The summed E-state index contributed by atoms with van der Waals surface area (Å²) in [5.74, 6) is 0.311. The molecule has 0 spiro atoms. The molecule has 0 unspecified atom stereocenters. The van der Waals surface area contributed by atoms with Crippen molar-refractivity contribution in [2.24, 2.45) is 13.0 Å². The highest BCUT2D eigenvalue weighted by Crippen LogP contribution is 2.48. The van der Waals surface area contributed by atoms with Gasteiger partial charge in [0.2, 0.25) is 5.91 Å². The third kappa shape index (κ3) is 3.37. The zero-order chi connectivity index (χ0) is 17.4. The number of amides is 1. The topological polar surface area (TPSA) is 59.4 Å². The molecule has 0 radical (unpaired) electrons. The lowest BCUT2D eigenvalue weighted by Crippen LogP contribution is -2.37. The fourth-order valence-corrected chi connectivity index (χ4v) is 3.73. The molecule has 2 heterocycles. The smallest absolute Gasteiger partial charge is 0.228 e. The van der Waals surface area contributed by atoms with Gasteiger partial charge in [0.05, 0.1) is 35.8 Å². The molecule has 1 saturated heterocycles. The van der Waals surface area contributed by atoms with Crippen molar-refractivity contribution in [1.82, 2.24) is 9.78 Å². The van der Waals surface area contributed by atoms with Gasteiger partial charge in [-0.2, -0.15) is 5.10 Å². The minimum absolute atomic E-state index is 0.000667. The molecule has 4 rings (SSSR count). The number of ether oxygens (including phenoxy) is 1. The number of halogens is 1. The second-order valence-corrected chi connectivity index (χ2v) is 7.03. The SMILES string of the molecule is Cn1cc([C@@H]2C[C@H]2C(=O)Nc2cccc(Cl)c2N2CCOCC2)cn1. The normalized spacial score (nSPS) is 22.7. The summed E-state index contributed by atoms with van der Waals surface area (Å²) in [6.45, 7) is 2.89. The van der Waals surface area contributed by atoms with Gasteiger partial charge in [-0.3, -0.25) is 9.48 Å². The number of nitrogens with zero attached hydrogens (tertiary/aromatic N) is 3. The standard InChI is InChI=1S/C18H21ClN4O2/c1-22-11-12(10-20-22)13-9-14(13)18(24)21-16-4-2-3-15(19)17(16)23-5-7-25-8-6-23/h2-4,10-11,13-14H,5-9H2,1H3,(H,21,24)/t13-,14+/m0/s1. The Morgan fingerprint density at radius 3 is 2.88 bits per heavy atom. The number of carbonyl (C=O) groups excluding carboxylic acids is 1. The Hall–Kier alpha value is -2.05. The highest BCUT2D eigenvalue weighted by molar-refractivity contribution is 6.34.